The maximum Gasteiger partial charge on any atom is 0.241 e. The molecule has 0 spiro atoms. The van der Waals surface area contributed by atoms with Crippen LogP contribution in [0.15, 0.2) is 24.3 Å². The maximum absolute atomic E-state index is 12.1. The largest absolute Gasteiger partial charge is 0.326 e. The summed E-state index contributed by atoms with van der Waals surface area (Å²) in [6, 6.07) is 7.00. The van der Waals surface area contributed by atoms with E-state index in [-0.39, 0.29) is 17.9 Å². The van der Waals surface area contributed by atoms with Crippen molar-refractivity contribution < 1.29 is 9.59 Å². The van der Waals surface area contributed by atoms with E-state index >= 15 is 0 Å². The van der Waals surface area contributed by atoms with Gasteiger partial charge in [-0.15, -0.1) is 0 Å². The normalized spacial score (nSPS) is 22.1. The number of hydrogen-bond acceptors (Lipinski definition) is 3. The zero-order valence-electron chi connectivity index (χ0n) is 11.9. The molecule has 0 aromatic heterocycles. The molecule has 1 heterocycles. The van der Waals surface area contributed by atoms with E-state index < -0.39 is 0 Å². The van der Waals surface area contributed by atoms with Crippen LogP contribution in [0.5, 0.6) is 0 Å². The van der Waals surface area contributed by atoms with Crippen molar-refractivity contribution in [3.05, 3.63) is 24.3 Å². The third-order valence-electron chi connectivity index (χ3n) is 3.46. The number of anilines is 2. The molecule has 2 amide bonds. The van der Waals surface area contributed by atoms with Gasteiger partial charge in [0.25, 0.3) is 0 Å². The van der Waals surface area contributed by atoms with Crippen molar-refractivity contribution in [2.75, 3.05) is 17.2 Å². The van der Waals surface area contributed by atoms with Crippen LogP contribution in [0.4, 0.5) is 11.4 Å². The molecule has 0 radical (unpaired) electrons. The van der Waals surface area contributed by atoms with Crippen LogP contribution in [0.1, 0.15) is 26.7 Å². The molecule has 0 aliphatic carbocycles. The minimum Gasteiger partial charge on any atom is -0.326 e. The summed E-state index contributed by atoms with van der Waals surface area (Å²) in [5.74, 6) is 0.472. The van der Waals surface area contributed by atoms with Gasteiger partial charge in [-0.2, -0.15) is 0 Å². The van der Waals surface area contributed by atoms with Gasteiger partial charge in [0, 0.05) is 18.3 Å². The van der Waals surface area contributed by atoms with Gasteiger partial charge in [0.05, 0.1) is 6.04 Å². The summed E-state index contributed by atoms with van der Waals surface area (Å²) < 4.78 is 0. The van der Waals surface area contributed by atoms with Crippen molar-refractivity contribution in [1.29, 1.82) is 0 Å². The topological polar surface area (TPSA) is 70.2 Å². The highest BCUT2D eigenvalue weighted by atomic mass is 16.2. The lowest BCUT2D eigenvalue weighted by atomic mass is 9.94. The lowest BCUT2D eigenvalue weighted by molar-refractivity contribution is -0.119. The molecule has 5 heteroatoms. The summed E-state index contributed by atoms with van der Waals surface area (Å²) in [5, 5.41) is 8.83. The minimum absolute atomic E-state index is 0.00354. The van der Waals surface area contributed by atoms with Gasteiger partial charge >= 0.3 is 0 Å². The third-order valence-corrected chi connectivity index (χ3v) is 3.46. The number of carbonyl (C=O) groups is 2. The second kappa shape index (κ2) is 6.52. The average Bonchev–Trinajstić information content (AvgIpc) is 2.40. The monoisotopic (exact) mass is 275 g/mol. The first-order valence-corrected chi connectivity index (χ1v) is 6.96. The summed E-state index contributed by atoms with van der Waals surface area (Å²) in [7, 11) is 0. The average molecular weight is 275 g/mol. The van der Waals surface area contributed by atoms with Crippen LogP contribution in [0, 0.1) is 5.92 Å². The van der Waals surface area contributed by atoms with Crippen molar-refractivity contribution in [2.24, 2.45) is 5.92 Å². The summed E-state index contributed by atoms with van der Waals surface area (Å²) >= 11 is 0. The molecular formula is C15H21N3O2. The molecule has 1 fully saturated rings. The molecule has 2 rings (SSSR count). The van der Waals surface area contributed by atoms with Crippen LogP contribution in [-0.2, 0) is 9.59 Å². The molecule has 0 saturated carbocycles. The highest BCUT2D eigenvalue weighted by Crippen LogP contribution is 2.18. The van der Waals surface area contributed by atoms with E-state index in [1.807, 2.05) is 0 Å². The van der Waals surface area contributed by atoms with E-state index in [0.29, 0.717) is 5.92 Å². The molecule has 1 aliphatic rings. The predicted octanol–water partition coefficient (Wildman–Crippen LogP) is 1.97. The summed E-state index contributed by atoms with van der Waals surface area (Å²) in [4.78, 5) is 23.1. The van der Waals surface area contributed by atoms with Gasteiger partial charge < -0.3 is 16.0 Å². The Morgan fingerprint density at radius 1 is 1.15 bits per heavy atom. The maximum atomic E-state index is 12.1. The fraction of sp³-hybridized carbons (Fsp3) is 0.467. The van der Waals surface area contributed by atoms with Gasteiger partial charge in [-0.25, -0.2) is 0 Å². The second-order valence-electron chi connectivity index (χ2n) is 5.38. The fourth-order valence-corrected chi connectivity index (χ4v) is 2.38. The summed E-state index contributed by atoms with van der Waals surface area (Å²) in [5.41, 5.74) is 1.46. The van der Waals surface area contributed by atoms with Crippen LogP contribution in [-0.4, -0.2) is 24.4 Å². The number of carbonyl (C=O) groups excluding carboxylic acids is 2. The fourth-order valence-electron chi connectivity index (χ4n) is 2.38. The van der Waals surface area contributed by atoms with Gasteiger partial charge in [0.1, 0.15) is 0 Å². The lowest BCUT2D eigenvalue weighted by Crippen LogP contribution is -2.45. The smallest absolute Gasteiger partial charge is 0.241 e. The molecule has 1 aromatic carbocycles. The Labute approximate surface area is 119 Å². The van der Waals surface area contributed by atoms with E-state index in [9.17, 15) is 9.59 Å². The van der Waals surface area contributed by atoms with Crippen LogP contribution in [0.3, 0.4) is 0 Å². The standard InChI is InChI=1S/C15H21N3O2/c1-10-7-8-16-14(9-10)15(20)18-13-5-3-12(4-6-13)17-11(2)19/h3-6,10,14,16H,7-9H2,1-2H3,(H,17,19)(H,18,20). The Bertz CT molecular complexity index is 484. The molecule has 2 atom stereocenters. The van der Waals surface area contributed by atoms with Crippen molar-refractivity contribution in [2.45, 2.75) is 32.7 Å². The van der Waals surface area contributed by atoms with Crippen molar-refractivity contribution in [1.82, 2.24) is 5.32 Å². The minimum atomic E-state index is -0.117. The summed E-state index contributed by atoms with van der Waals surface area (Å²) in [6.07, 6.45) is 1.99. The quantitative estimate of drug-likeness (QED) is 0.790. The van der Waals surface area contributed by atoms with Crippen molar-refractivity contribution in [3.63, 3.8) is 0 Å². The molecule has 2 unspecified atom stereocenters. The van der Waals surface area contributed by atoms with Gasteiger partial charge in [0.2, 0.25) is 11.8 Å². The highest BCUT2D eigenvalue weighted by molar-refractivity contribution is 5.95. The number of rotatable bonds is 3. The van der Waals surface area contributed by atoms with E-state index in [1.54, 1.807) is 24.3 Å². The Hall–Kier alpha value is -1.88. The van der Waals surface area contributed by atoms with Crippen LogP contribution in [0.25, 0.3) is 0 Å². The molecule has 20 heavy (non-hydrogen) atoms. The zero-order chi connectivity index (χ0) is 14.5. The molecule has 3 N–H and O–H groups in total. The predicted molar refractivity (Wildman–Crippen MR) is 79.6 cm³/mol. The number of hydrogen-bond donors (Lipinski definition) is 3. The number of amides is 2. The van der Waals surface area contributed by atoms with E-state index in [0.717, 1.165) is 30.8 Å². The first-order chi connectivity index (χ1) is 9.54. The molecular weight excluding hydrogens is 254 g/mol. The molecule has 1 aromatic rings. The molecule has 5 nitrogen and oxygen atoms in total. The molecule has 108 valence electrons. The zero-order valence-corrected chi connectivity index (χ0v) is 11.9. The van der Waals surface area contributed by atoms with E-state index in [2.05, 4.69) is 22.9 Å². The van der Waals surface area contributed by atoms with Crippen LogP contribution < -0.4 is 16.0 Å². The van der Waals surface area contributed by atoms with Crippen LogP contribution >= 0.6 is 0 Å². The molecule has 0 bridgehead atoms. The number of nitrogens with one attached hydrogen (secondary N) is 3. The van der Waals surface area contributed by atoms with E-state index in [4.69, 9.17) is 0 Å². The Morgan fingerprint density at radius 3 is 2.30 bits per heavy atom. The Kier molecular flexibility index (Phi) is 4.74. The van der Waals surface area contributed by atoms with Gasteiger partial charge in [-0.3, -0.25) is 9.59 Å². The Balaban J connectivity index is 1.92. The van der Waals surface area contributed by atoms with Gasteiger partial charge in [-0.05, 0) is 49.6 Å². The second-order valence-corrected chi connectivity index (χ2v) is 5.38. The Morgan fingerprint density at radius 2 is 1.75 bits per heavy atom. The van der Waals surface area contributed by atoms with Crippen molar-refractivity contribution >= 4 is 23.2 Å². The molecule has 1 aliphatic heterocycles. The number of benzene rings is 1. The lowest BCUT2D eigenvalue weighted by Gasteiger charge is -2.27. The van der Waals surface area contributed by atoms with Gasteiger partial charge in [0.15, 0.2) is 0 Å². The van der Waals surface area contributed by atoms with Gasteiger partial charge in [-0.1, -0.05) is 6.92 Å². The van der Waals surface area contributed by atoms with Crippen LogP contribution in [0.2, 0.25) is 0 Å². The molecule has 1 saturated heterocycles. The van der Waals surface area contributed by atoms with E-state index in [1.165, 1.54) is 6.92 Å². The highest BCUT2D eigenvalue weighted by Gasteiger charge is 2.24. The first-order valence-electron chi connectivity index (χ1n) is 6.96. The number of piperidine rings is 1. The van der Waals surface area contributed by atoms with Crippen molar-refractivity contribution in [3.8, 4) is 0 Å². The first kappa shape index (κ1) is 14.5. The third kappa shape index (κ3) is 4.06. The SMILES string of the molecule is CC(=O)Nc1ccc(NC(=O)C2CC(C)CCN2)cc1. The summed E-state index contributed by atoms with van der Waals surface area (Å²) in [6.45, 7) is 4.52.